The second-order valence-electron chi connectivity index (χ2n) is 6.14. The van der Waals surface area contributed by atoms with Gasteiger partial charge in [-0.3, -0.25) is 0 Å². The van der Waals surface area contributed by atoms with Gasteiger partial charge in [0, 0.05) is 15.4 Å². The molecule has 1 nitrogen and oxygen atoms in total. The number of anilines is 1. The van der Waals surface area contributed by atoms with Crippen molar-refractivity contribution in [2.45, 2.75) is 46.1 Å². The largest absolute Gasteiger partial charge is 0.378 e. The lowest BCUT2D eigenvalue weighted by Gasteiger charge is -2.20. The van der Waals surface area contributed by atoms with Crippen LogP contribution in [0.1, 0.15) is 49.1 Å². The third kappa shape index (κ3) is 3.60. The summed E-state index contributed by atoms with van der Waals surface area (Å²) in [5.74, 6) is 0. The molecule has 0 aliphatic rings. The quantitative estimate of drug-likeness (QED) is 0.775. The number of hydrogen-bond donors (Lipinski definition) is 1. The van der Waals surface area contributed by atoms with Crippen molar-refractivity contribution in [3.63, 3.8) is 0 Å². The van der Waals surface area contributed by atoms with Gasteiger partial charge in [0.1, 0.15) is 0 Å². The average molecular weight is 273 g/mol. The van der Waals surface area contributed by atoms with Crippen molar-refractivity contribution in [2.24, 2.45) is 0 Å². The molecule has 0 aliphatic carbocycles. The molecule has 0 spiro atoms. The van der Waals surface area contributed by atoms with Crippen molar-refractivity contribution in [3.05, 3.63) is 51.7 Å². The minimum atomic E-state index is 0.217. The molecule has 2 heteroatoms. The lowest BCUT2D eigenvalue weighted by Crippen LogP contribution is -2.11. The summed E-state index contributed by atoms with van der Waals surface area (Å²) in [5.41, 5.74) is 2.78. The van der Waals surface area contributed by atoms with Crippen molar-refractivity contribution >= 4 is 17.0 Å². The summed E-state index contributed by atoms with van der Waals surface area (Å²) in [7, 11) is 0. The molecule has 1 aromatic carbocycles. The van der Waals surface area contributed by atoms with E-state index in [1.54, 1.807) is 0 Å². The van der Waals surface area contributed by atoms with E-state index in [9.17, 15) is 0 Å². The zero-order valence-electron chi connectivity index (χ0n) is 12.4. The molecule has 0 aliphatic heterocycles. The van der Waals surface area contributed by atoms with Gasteiger partial charge >= 0.3 is 0 Å². The minimum Gasteiger partial charge on any atom is -0.378 e. The molecule has 2 rings (SSSR count). The first-order valence-electron chi connectivity index (χ1n) is 6.79. The van der Waals surface area contributed by atoms with E-state index in [1.165, 1.54) is 21.0 Å². The molecule has 0 saturated heterocycles. The van der Waals surface area contributed by atoms with E-state index >= 15 is 0 Å². The van der Waals surface area contributed by atoms with Gasteiger partial charge in [-0.05, 0) is 49.1 Å². The molecule has 0 radical (unpaired) electrons. The number of rotatable bonds is 3. The van der Waals surface area contributed by atoms with Gasteiger partial charge < -0.3 is 5.32 Å². The highest BCUT2D eigenvalue weighted by Crippen LogP contribution is 2.27. The minimum absolute atomic E-state index is 0.217. The number of aryl methyl sites for hydroxylation is 1. The molecule has 1 heterocycles. The van der Waals surface area contributed by atoms with Gasteiger partial charge in [0.2, 0.25) is 0 Å². The SMILES string of the molecule is Cc1ccc(C(C)Nc2ccc(C(C)(C)C)cc2)s1. The van der Waals surface area contributed by atoms with Gasteiger partial charge in [-0.25, -0.2) is 0 Å². The van der Waals surface area contributed by atoms with E-state index in [2.05, 4.69) is 76.3 Å². The molecule has 102 valence electrons. The Morgan fingerprint density at radius 1 is 1.00 bits per heavy atom. The van der Waals surface area contributed by atoms with Crippen LogP contribution in [-0.2, 0) is 5.41 Å². The summed E-state index contributed by atoms with van der Waals surface area (Å²) < 4.78 is 0. The molecule has 2 aromatic rings. The van der Waals surface area contributed by atoms with Crippen molar-refractivity contribution in [3.8, 4) is 0 Å². The smallest absolute Gasteiger partial charge is 0.0578 e. The summed E-state index contributed by atoms with van der Waals surface area (Å²) in [6, 6.07) is 13.5. The zero-order valence-corrected chi connectivity index (χ0v) is 13.3. The summed E-state index contributed by atoms with van der Waals surface area (Å²) in [6.07, 6.45) is 0. The van der Waals surface area contributed by atoms with E-state index in [0.717, 1.165) is 0 Å². The molecule has 0 amide bonds. The predicted octanol–water partition coefficient (Wildman–Crippen LogP) is 5.53. The number of hydrogen-bond acceptors (Lipinski definition) is 2. The second kappa shape index (κ2) is 5.38. The van der Waals surface area contributed by atoms with Gasteiger partial charge in [0.25, 0.3) is 0 Å². The maximum absolute atomic E-state index is 3.56. The van der Waals surface area contributed by atoms with E-state index in [4.69, 9.17) is 0 Å². The Kier molecular flexibility index (Phi) is 4.00. The highest BCUT2D eigenvalue weighted by molar-refractivity contribution is 7.12. The molecule has 1 atom stereocenters. The van der Waals surface area contributed by atoms with Crippen LogP contribution in [0, 0.1) is 6.92 Å². The lowest BCUT2D eigenvalue weighted by atomic mass is 9.87. The van der Waals surface area contributed by atoms with Gasteiger partial charge in [0.15, 0.2) is 0 Å². The van der Waals surface area contributed by atoms with Crippen molar-refractivity contribution < 1.29 is 0 Å². The molecule has 0 bridgehead atoms. The maximum atomic E-state index is 3.56. The van der Waals surface area contributed by atoms with E-state index < -0.39 is 0 Å². The Balaban J connectivity index is 2.07. The highest BCUT2D eigenvalue weighted by atomic mass is 32.1. The van der Waals surface area contributed by atoms with Crippen LogP contribution in [0.5, 0.6) is 0 Å². The second-order valence-corrected chi connectivity index (χ2v) is 7.46. The maximum Gasteiger partial charge on any atom is 0.0578 e. The van der Waals surface area contributed by atoms with Gasteiger partial charge in [-0.1, -0.05) is 32.9 Å². The fraction of sp³-hybridized carbons (Fsp3) is 0.412. The Hall–Kier alpha value is -1.28. The normalized spacial score (nSPS) is 13.3. The first-order chi connectivity index (χ1) is 8.86. The number of benzene rings is 1. The number of nitrogens with one attached hydrogen (secondary N) is 1. The predicted molar refractivity (Wildman–Crippen MR) is 86.2 cm³/mol. The van der Waals surface area contributed by atoms with Crippen molar-refractivity contribution in [1.29, 1.82) is 0 Å². The molecule has 1 unspecified atom stereocenters. The Morgan fingerprint density at radius 3 is 2.11 bits per heavy atom. The van der Waals surface area contributed by atoms with Crippen LogP contribution >= 0.6 is 11.3 Å². The summed E-state index contributed by atoms with van der Waals surface area (Å²) in [6.45, 7) is 11.1. The molecule has 1 aromatic heterocycles. The Morgan fingerprint density at radius 2 is 1.63 bits per heavy atom. The van der Waals surface area contributed by atoms with Gasteiger partial charge in [-0.2, -0.15) is 0 Å². The van der Waals surface area contributed by atoms with E-state index in [0.29, 0.717) is 6.04 Å². The standard InChI is InChI=1S/C17H23NS/c1-12-6-11-16(19-12)13(2)18-15-9-7-14(8-10-15)17(3,4)5/h6-11,13,18H,1-5H3. The van der Waals surface area contributed by atoms with Crippen LogP contribution in [0.25, 0.3) is 0 Å². The third-order valence-electron chi connectivity index (χ3n) is 3.32. The number of thiophene rings is 1. The first-order valence-corrected chi connectivity index (χ1v) is 7.61. The summed E-state index contributed by atoms with van der Waals surface area (Å²) >= 11 is 1.86. The molecule has 1 N–H and O–H groups in total. The zero-order chi connectivity index (χ0) is 14.0. The Bertz CT molecular complexity index is 531. The van der Waals surface area contributed by atoms with Gasteiger partial charge in [0.05, 0.1) is 6.04 Å². The highest BCUT2D eigenvalue weighted by Gasteiger charge is 2.13. The van der Waals surface area contributed by atoms with Crippen molar-refractivity contribution in [1.82, 2.24) is 0 Å². The summed E-state index contributed by atoms with van der Waals surface area (Å²) in [4.78, 5) is 2.75. The van der Waals surface area contributed by atoms with Crippen LogP contribution in [-0.4, -0.2) is 0 Å². The average Bonchev–Trinajstić information content (AvgIpc) is 2.75. The van der Waals surface area contributed by atoms with Crippen LogP contribution in [0.3, 0.4) is 0 Å². The monoisotopic (exact) mass is 273 g/mol. The van der Waals surface area contributed by atoms with Crippen LogP contribution in [0.15, 0.2) is 36.4 Å². The Labute approximate surface area is 120 Å². The van der Waals surface area contributed by atoms with E-state index in [-0.39, 0.29) is 5.41 Å². The van der Waals surface area contributed by atoms with E-state index in [1.807, 2.05) is 11.3 Å². The molecular weight excluding hydrogens is 250 g/mol. The first kappa shape index (κ1) is 14.1. The van der Waals surface area contributed by atoms with Crippen molar-refractivity contribution in [2.75, 3.05) is 5.32 Å². The fourth-order valence-electron chi connectivity index (χ4n) is 2.07. The lowest BCUT2D eigenvalue weighted by molar-refractivity contribution is 0.590. The van der Waals surface area contributed by atoms with Crippen LogP contribution in [0.4, 0.5) is 5.69 Å². The summed E-state index contributed by atoms with van der Waals surface area (Å²) in [5, 5.41) is 3.56. The van der Waals surface area contributed by atoms with Crippen LogP contribution < -0.4 is 5.32 Å². The molecule has 0 saturated carbocycles. The third-order valence-corrected chi connectivity index (χ3v) is 4.51. The van der Waals surface area contributed by atoms with Gasteiger partial charge in [-0.15, -0.1) is 11.3 Å². The fourth-order valence-corrected chi connectivity index (χ4v) is 2.95. The molecule has 19 heavy (non-hydrogen) atoms. The molecular formula is C17H23NS. The van der Waals surface area contributed by atoms with Crippen LogP contribution in [0.2, 0.25) is 0 Å². The topological polar surface area (TPSA) is 12.0 Å². The molecule has 0 fully saturated rings.